The number of benzene rings is 1. The minimum Gasteiger partial charge on any atom is -0.384 e. The summed E-state index contributed by atoms with van der Waals surface area (Å²) < 4.78 is 5.43. The first kappa shape index (κ1) is 16.9. The first-order chi connectivity index (χ1) is 9.41. The molecule has 0 aromatic heterocycles. The number of rotatable bonds is 8. The van der Waals surface area contributed by atoms with Gasteiger partial charge in [0.15, 0.2) is 5.78 Å². The van der Waals surface area contributed by atoms with Crippen molar-refractivity contribution in [3.8, 4) is 0 Å². The summed E-state index contributed by atoms with van der Waals surface area (Å²) in [5.41, 5.74) is 0.393. The fourth-order valence-corrected chi connectivity index (χ4v) is 3.19. The van der Waals surface area contributed by atoms with Gasteiger partial charge in [-0.2, -0.15) is 0 Å². The molecule has 0 unspecified atom stereocenters. The largest absolute Gasteiger partial charge is 0.384 e. The van der Waals surface area contributed by atoms with Crippen LogP contribution in [0.3, 0.4) is 0 Å². The molecule has 1 rings (SSSR count). The van der Waals surface area contributed by atoms with Gasteiger partial charge in [-0.25, -0.2) is 0 Å². The quantitative estimate of drug-likeness (QED) is 0.649. The van der Waals surface area contributed by atoms with E-state index in [2.05, 4.69) is 27.7 Å². The van der Waals surface area contributed by atoms with E-state index in [1.807, 2.05) is 30.3 Å². The van der Waals surface area contributed by atoms with Crippen molar-refractivity contribution >= 4 is 5.78 Å². The van der Waals surface area contributed by atoms with Crippen LogP contribution in [0.25, 0.3) is 0 Å². The zero-order valence-corrected chi connectivity index (χ0v) is 13.5. The molecule has 2 nitrogen and oxygen atoms in total. The van der Waals surface area contributed by atoms with E-state index in [4.69, 9.17) is 4.74 Å². The van der Waals surface area contributed by atoms with Gasteiger partial charge >= 0.3 is 0 Å². The molecule has 0 fully saturated rings. The van der Waals surface area contributed by atoms with Gasteiger partial charge in [-0.05, 0) is 24.7 Å². The molecule has 0 N–H and O–H groups in total. The highest BCUT2D eigenvalue weighted by Gasteiger charge is 2.39. The molecule has 20 heavy (non-hydrogen) atoms. The molecular formula is C18H28O2. The third-order valence-corrected chi connectivity index (χ3v) is 3.54. The van der Waals surface area contributed by atoms with Crippen molar-refractivity contribution < 1.29 is 9.53 Å². The normalized spacial score (nSPS) is 12.2. The van der Waals surface area contributed by atoms with Crippen LogP contribution in [0.15, 0.2) is 30.3 Å². The van der Waals surface area contributed by atoms with Gasteiger partial charge in [-0.1, -0.05) is 58.0 Å². The maximum absolute atomic E-state index is 13.0. The lowest BCUT2D eigenvalue weighted by Crippen LogP contribution is -2.38. The Balaban J connectivity index is 3.15. The lowest BCUT2D eigenvalue weighted by atomic mass is 9.70. The molecule has 0 heterocycles. The van der Waals surface area contributed by atoms with Crippen molar-refractivity contribution in [3.05, 3.63) is 35.9 Å². The molecule has 112 valence electrons. The van der Waals surface area contributed by atoms with Crippen molar-refractivity contribution in [1.29, 1.82) is 0 Å². The Kier molecular flexibility index (Phi) is 6.41. The van der Waals surface area contributed by atoms with Gasteiger partial charge in [0, 0.05) is 12.7 Å². The molecule has 0 radical (unpaired) electrons. The van der Waals surface area contributed by atoms with Gasteiger partial charge in [0.1, 0.15) is 0 Å². The van der Waals surface area contributed by atoms with Crippen LogP contribution in [0, 0.1) is 17.3 Å². The number of carbonyl (C=O) groups is 1. The number of ether oxygens (including phenoxy) is 1. The van der Waals surface area contributed by atoms with Crippen LogP contribution in [-0.2, 0) is 4.74 Å². The number of methoxy groups -OCH3 is 1. The van der Waals surface area contributed by atoms with Gasteiger partial charge in [0.2, 0.25) is 0 Å². The number of Topliss-reactive ketones (excluding diaryl/α,β-unsaturated/α-hetero) is 1. The molecule has 1 aromatic rings. The van der Waals surface area contributed by atoms with Crippen LogP contribution in [0.2, 0.25) is 0 Å². The van der Waals surface area contributed by atoms with Gasteiger partial charge in [-0.3, -0.25) is 4.79 Å². The summed E-state index contributed by atoms with van der Waals surface area (Å²) in [6, 6.07) is 9.62. The zero-order valence-electron chi connectivity index (χ0n) is 13.5. The second-order valence-corrected chi connectivity index (χ2v) is 6.60. The molecular weight excluding hydrogens is 248 g/mol. The van der Waals surface area contributed by atoms with Gasteiger partial charge in [0.25, 0.3) is 0 Å². The van der Waals surface area contributed by atoms with E-state index in [0.29, 0.717) is 18.4 Å². The van der Waals surface area contributed by atoms with Crippen LogP contribution in [-0.4, -0.2) is 19.5 Å². The summed E-state index contributed by atoms with van der Waals surface area (Å²) >= 11 is 0. The van der Waals surface area contributed by atoms with E-state index in [1.54, 1.807) is 7.11 Å². The Morgan fingerprint density at radius 1 is 1.05 bits per heavy atom. The van der Waals surface area contributed by atoms with Crippen LogP contribution in [0.5, 0.6) is 0 Å². The van der Waals surface area contributed by atoms with Crippen molar-refractivity contribution in [2.45, 2.75) is 40.5 Å². The van der Waals surface area contributed by atoms with Gasteiger partial charge in [0.05, 0.1) is 12.0 Å². The maximum atomic E-state index is 13.0. The number of hydrogen-bond donors (Lipinski definition) is 0. The second kappa shape index (κ2) is 7.58. The van der Waals surface area contributed by atoms with Crippen molar-refractivity contribution in [3.63, 3.8) is 0 Å². The van der Waals surface area contributed by atoms with Crippen LogP contribution >= 0.6 is 0 Å². The Hall–Kier alpha value is -1.15. The van der Waals surface area contributed by atoms with Crippen molar-refractivity contribution in [2.75, 3.05) is 13.7 Å². The van der Waals surface area contributed by atoms with Crippen LogP contribution < -0.4 is 0 Å². The predicted octanol–water partition coefficient (Wildman–Crippen LogP) is 4.59. The highest BCUT2D eigenvalue weighted by Crippen LogP contribution is 2.37. The van der Waals surface area contributed by atoms with Crippen molar-refractivity contribution in [2.24, 2.45) is 17.3 Å². The van der Waals surface area contributed by atoms with E-state index >= 15 is 0 Å². The minimum absolute atomic E-state index is 0.224. The summed E-state index contributed by atoms with van der Waals surface area (Å²) in [6.45, 7) is 9.18. The topological polar surface area (TPSA) is 26.3 Å². The average Bonchev–Trinajstić information content (AvgIpc) is 2.37. The summed E-state index contributed by atoms with van der Waals surface area (Å²) in [4.78, 5) is 13.0. The van der Waals surface area contributed by atoms with E-state index in [-0.39, 0.29) is 5.78 Å². The SMILES string of the molecule is COCC(CC(C)C)(CC(C)C)C(=O)c1ccccc1. The molecule has 0 atom stereocenters. The third-order valence-electron chi connectivity index (χ3n) is 3.54. The number of hydrogen-bond acceptors (Lipinski definition) is 2. The molecule has 0 spiro atoms. The molecule has 0 saturated heterocycles. The molecule has 0 saturated carbocycles. The van der Waals surface area contributed by atoms with Crippen LogP contribution in [0.1, 0.15) is 50.9 Å². The monoisotopic (exact) mass is 276 g/mol. The summed E-state index contributed by atoms with van der Waals surface area (Å²) in [7, 11) is 1.69. The Morgan fingerprint density at radius 3 is 1.95 bits per heavy atom. The second-order valence-electron chi connectivity index (χ2n) is 6.60. The van der Waals surface area contributed by atoms with E-state index in [9.17, 15) is 4.79 Å². The smallest absolute Gasteiger partial charge is 0.171 e. The molecule has 0 amide bonds. The Bertz CT molecular complexity index is 397. The highest BCUT2D eigenvalue weighted by atomic mass is 16.5. The summed E-state index contributed by atoms with van der Waals surface area (Å²) in [6.07, 6.45) is 1.74. The Labute approximate surface area is 123 Å². The highest BCUT2D eigenvalue weighted by molar-refractivity contribution is 6.00. The lowest BCUT2D eigenvalue weighted by molar-refractivity contribution is 0.0358. The molecule has 0 aliphatic heterocycles. The summed E-state index contributed by atoms with van der Waals surface area (Å²) in [5, 5.41) is 0. The average molecular weight is 276 g/mol. The van der Waals surface area contributed by atoms with E-state index in [1.165, 1.54) is 0 Å². The van der Waals surface area contributed by atoms with Gasteiger partial charge in [-0.15, -0.1) is 0 Å². The first-order valence-electron chi connectivity index (χ1n) is 7.50. The number of carbonyl (C=O) groups excluding carboxylic acids is 1. The van der Waals surface area contributed by atoms with Gasteiger partial charge < -0.3 is 4.74 Å². The first-order valence-corrected chi connectivity index (χ1v) is 7.50. The maximum Gasteiger partial charge on any atom is 0.171 e. The Morgan fingerprint density at radius 2 is 1.55 bits per heavy atom. The van der Waals surface area contributed by atoms with Crippen molar-refractivity contribution in [1.82, 2.24) is 0 Å². The third kappa shape index (κ3) is 4.45. The molecule has 0 bridgehead atoms. The van der Waals surface area contributed by atoms with E-state index < -0.39 is 5.41 Å². The molecule has 1 aromatic carbocycles. The molecule has 0 aliphatic rings. The molecule has 2 heteroatoms. The molecule has 0 aliphatic carbocycles. The standard InChI is InChI=1S/C18H28O2/c1-14(2)11-18(13-20-5,12-15(3)4)17(19)16-9-7-6-8-10-16/h6-10,14-15H,11-13H2,1-5H3. The van der Waals surface area contributed by atoms with Crippen LogP contribution in [0.4, 0.5) is 0 Å². The fraction of sp³-hybridized carbons (Fsp3) is 0.611. The minimum atomic E-state index is -0.404. The zero-order chi connectivity index (χ0) is 15.2. The fourth-order valence-electron chi connectivity index (χ4n) is 3.19. The predicted molar refractivity (Wildman–Crippen MR) is 84.0 cm³/mol. The number of ketones is 1. The van der Waals surface area contributed by atoms with E-state index in [0.717, 1.165) is 18.4 Å². The summed E-state index contributed by atoms with van der Waals surface area (Å²) in [5.74, 6) is 1.16. The lowest BCUT2D eigenvalue weighted by Gasteiger charge is -2.35.